The van der Waals surface area contributed by atoms with Crippen LogP contribution in [0.15, 0.2) is 61.2 Å². The number of carbonyl (C=O) groups is 1. The molecule has 0 aliphatic carbocycles. The molecule has 0 aliphatic rings. The van der Waals surface area contributed by atoms with Gasteiger partial charge in [-0.3, -0.25) is 9.78 Å². The molecule has 1 amide bonds. The van der Waals surface area contributed by atoms with E-state index < -0.39 is 6.04 Å². The highest BCUT2D eigenvalue weighted by molar-refractivity contribution is 5.94. The van der Waals surface area contributed by atoms with Gasteiger partial charge in [0.15, 0.2) is 0 Å². The van der Waals surface area contributed by atoms with E-state index in [1.807, 2.05) is 37.3 Å². The van der Waals surface area contributed by atoms with Crippen LogP contribution in [0.3, 0.4) is 0 Å². The highest BCUT2D eigenvalue weighted by Gasteiger charge is 2.14. The highest BCUT2D eigenvalue weighted by Crippen LogP contribution is 2.29. The number of imidazole rings is 1. The Morgan fingerprint density at radius 1 is 1.16 bits per heavy atom. The van der Waals surface area contributed by atoms with Gasteiger partial charge in [0.1, 0.15) is 5.75 Å². The number of aliphatic hydroxyl groups excluding tert-OH is 1. The summed E-state index contributed by atoms with van der Waals surface area (Å²) in [6.45, 7) is 1.80. The van der Waals surface area contributed by atoms with Gasteiger partial charge in [-0.25, -0.2) is 4.98 Å². The van der Waals surface area contributed by atoms with Crippen LogP contribution in [0, 0.1) is 6.92 Å². The number of pyridine rings is 1. The first-order valence-corrected chi connectivity index (χ1v) is 10.3. The summed E-state index contributed by atoms with van der Waals surface area (Å²) in [5, 5.41) is 26.5. The fourth-order valence-electron chi connectivity index (χ4n) is 3.59. The van der Waals surface area contributed by atoms with Crippen LogP contribution in [0.5, 0.6) is 5.75 Å². The molecule has 2 aromatic heterocycles. The molecule has 4 aromatic rings. The van der Waals surface area contributed by atoms with Crippen LogP contribution < -0.4 is 10.6 Å². The number of fused-ring (bicyclic) bond motifs is 1. The van der Waals surface area contributed by atoms with Gasteiger partial charge in [0, 0.05) is 47.3 Å². The lowest BCUT2D eigenvalue weighted by Crippen LogP contribution is -2.40. The summed E-state index contributed by atoms with van der Waals surface area (Å²) < 4.78 is 0. The molecular weight excluding hydrogens is 406 g/mol. The van der Waals surface area contributed by atoms with E-state index in [4.69, 9.17) is 0 Å². The average molecular weight is 431 g/mol. The van der Waals surface area contributed by atoms with E-state index >= 15 is 0 Å². The number of anilines is 2. The Labute approximate surface area is 185 Å². The smallest absolute Gasteiger partial charge is 0.224 e. The lowest BCUT2D eigenvalue weighted by atomic mass is 10.1. The molecule has 2 aromatic carbocycles. The number of rotatable bonds is 8. The van der Waals surface area contributed by atoms with E-state index in [9.17, 15) is 15.0 Å². The van der Waals surface area contributed by atoms with Gasteiger partial charge in [-0.05, 0) is 42.3 Å². The number of aromatic nitrogens is 3. The number of phenolic OH excluding ortho intramolecular Hbond substituents is 1. The normalized spacial score (nSPS) is 11.9. The van der Waals surface area contributed by atoms with Gasteiger partial charge in [-0.2, -0.15) is 0 Å². The number of hydrogen-bond acceptors (Lipinski definition) is 6. The Morgan fingerprint density at radius 2 is 2.03 bits per heavy atom. The van der Waals surface area contributed by atoms with Crippen molar-refractivity contribution in [2.75, 3.05) is 11.9 Å². The van der Waals surface area contributed by atoms with Crippen LogP contribution in [0.2, 0.25) is 0 Å². The number of benzene rings is 2. The monoisotopic (exact) mass is 431 g/mol. The average Bonchev–Trinajstić information content (AvgIpc) is 3.29. The molecule has 8 nitrogen and oxygen atoms in total. The van der Waals surface area contributed by atoms with Crippen LogP contribution in [0.25, 0.3) is 10.9 Å². The standard InChI is InChI=1S/C24H25N5O3/c1-15-2-4-19(31)11-23(15)29-22-6-7-26-21-5-3-16(8-20(21)22)9-24(32)28-18(13-30)10-17-12-25-14-27-17/h2-8,11-12,14,18,30-31H,9-10,13H2,1H3,(H,25,27)(H,26,29)(H,28,32)/t18-/m0/s1. The Morgan fingerprint density at radius 3 is 2.81 bits per heavy atom. The maximum Gasteiger partial charge on any atom is 0.224 e. The van der Waals surface area contributed by atoms with Crippen LogP contribution in [0.4, 0.5) is 11.4 Å². The number of aryl methyl sites for hydroxylation is 1. The van der Waals surface area contributed by atoms with E-state index in [2.05, 4.69) is 25.6 Å². The number of amides is 1. The third kappa shape index (κ3) is 5.04. The number of aromatic amines is 1. The molecule has 5 N–H and O–H groups in total. The van der Waals surface area contributed by atoms with Gasteiger partial charge in [0.2, 0.25) is 5.91 Å². The van der Waals surface area contributed by atoms with Crippen molar-refractivity contribution in [3.8, 4) is 5.75 Å². The molecule has 0 radical (unpaired) electrons. The Bertz CT molecular complexity index is 1220. The second-order valence-corrected chi connectivity index (χ2v) is 7.74. The van der Waals surface area contributed by atoms with Gasteiger partial charge < -0.3 is 25.8 Å². The summed E-state index contributed by atoms with van der Waals surface area (Å²) in [5.74, 6) is 0.00697. The summed E-state index contributed by atoms with van der Waals surface area (Å²) in [5.41, 5.74) is 5.10. The molecule has 0 unspecified atom stereocenters. The zero-order valence-electron chi connectivity index (χ0n) is 17.7. The summed E-state index contributed by atoms with van der Waals surface area (Å²) in [4.78, 5) is 23.9. The van der Waals surface area contributed by atoms with E-state index in [-0.39, 0.29) is 24.7 Å². The predicted molar refractivity (Wildman–Crippen MR) is 123 cm³/mol. The van der Waals surface area contributed by atoms with Crippen molar-refractivity contribution in [3.05, 3.63) is 78.0 Å². The summed E-state index contributed by atoms with van der Waals surface area (Å²) >= 11 is 0. The van der Waals surface area contributed by atoms with Crippen molar-refractivity contribution in [2.24, 2.45) is 0 Å². The summed E-state index contributed by atoms with van der Waals surface area (Å²) in [7, 11) is 0. The minimum atomic E-state index is -0.393. The zero-order valence-corrected chi connectivity index (χ0v) is 17.7. The minimum Gasteiger partial charge on any atom is -0.508 e. The fraction of sp³-hybridized carbons (Fsp3) is 0.208. The Kier molecular flexibility index (Phi) is 6.32. The van der Waals surface area contributed by atoms with Crippen molar-refractivity contribution >= 4 is 28.2 Å². The van der Waals surface area contributed by atoms with E-state index in [0.717, 1.165) is 39.1 Å². The van der Waals surface area contributed by atoms with Crippen LogP contribution in [-0.2, 0) is 17.6 Å². The number of aliphatic hydroxyl groups is 1. The molecule has 164 valence electrons. The quantitative estimate of drug-likeness (QED) is 0.292. The maximum absolute atomic E-state index is 12.6. The van der Waals surface area contributed by atoms with Crippen molar-refractivity contribution in [1.82, 2.24) is 20.3 Å². The first kappa shape index (κ1) is 21.3. The van der Waals surface area contributed by atoms with Gasteiger partial charge in [-0.1, -0.05) is 12.1 Å². The molecule has 0 aliphatic heterocycles. The third-order valence-corrected chi connectivity index (χ3v) is 5.27. The lowest BCUT2D eigenvalue weighted by molar-refractivity contribution is -0.121. The minimum absolute atomic E-state index is 0.163. The number of aromatic hydroxyl groups is 1. The molecule has 2 heterocycles. The molecule has 0 spiro atoms. The third-order valence-electron chi connectivity index (χ3n) is 5.27. The molecule has 0 saturated carbocycles. The van der Waals surface area contributed by atoms with Gasteiger partial charge >= 0.3 is 0 Å². The molecular formula is C24H25N5O3. The van der Waals surface area contributed by atoms with Crippen molar-refractivity contribution in [2.45, 2.75) is 25.8 Å². The lowest BCUT2D eigenvalue weighted by Gasteiger charge is -2.16. The Balaban J connectivity index is 1.51. The van der Waals surface area contributed by atoms with Crippen LogP contribution in [-0.4, -0.2) is 43.7 Å². The van der Waals surface area contributed by atoms with E-state index in [0.29, 0.717) is 6.42 Å². The molecule has 0 bridgehead atoms. The first-order chi connectivity index (χ1) is 15.5. The highest BCUT2D eigenvalue weighted by atomic mass is 16.3. The van der Waals surface area contributed by atoms with E-state index in [1.165, 1.54) is 0 Å². The largest absolute Gasteiger partial charge is 0.508 e. The fourth-order valence-corrected chi connectivity index (χ4v) is 3.59. The van der Waals surface area contributed by atoms with Gasteiger partial charge in [0.05, 0.1) is 30.9 Å². The number of nitrogens with one attached hydrogen (secondary N) is 3. The Hall–Kier alpha value is -3.91. The van der Waals surface area contributed by atoms with Gasteiger partial charge in [-0.15, -0.1) is 0 Å². The zero-order chi connectivity index (χ0) is 22.5. The van der Waals surface area contributed by atoms with Crippen molar-refractivity contribution in [1.29, 1.82) is 0 Å². The second kappa shape index (κ2) is 9.49. The van der Waals surface area contributed by atoms with E-state index in [1.54, 1.807) is 30.9 Å². The van der Waals surface area contributed by atoms with Crippen LogP contribution >= 0.6 is 0 Å². The number of carbonyl (C=O) groups excluding carboxylic acids is 1. The maximum atomic E-state index is 12.6. The van der Waals surface area contributed by atoms with Crippen molar-refractivity contribution < 1.29 is 15.0 Å². The SMILES string of the molecule is Cc1ccc(O)cc1Nc1ccnc2ccc(CC(=O)N[C@H](CO)Cc3cnc[nH]3)cc12. The molecule has 0 saturated heterocycles. The summed E-state index contributed by atoms with van der Waals surface area (Å²) in [6.07, 6.45) is 5.61. The first-order valence-electron chi connectivity index (χ1n) is 10.3. The molecule has 8 heteroatoms. The number of hydrogen-bond donors (Lipinski definition) is 5. The predicted octanol–water partition coefficient (Wildman–Crippen LogP) is 2.98. The van der Waals surface area contributed by atoms with Crippen molar-refractivity contribution in [3.63, 3.8) is 0 Å². The van der Waals surface area contributed by atoms with Gasteiger partial charge in [0.25, 0.3) is 0 Å². The molecule has 1 atom stereocenters. The molecule has 32 heavy (non-hydrogen) atoms. The van der Waals surface area contributed by atoms with Crippen LogP contribution in [0.1, 0.15) is 16.8 Å². The number of nitrogens with zero attached hydrogens (tertiary/aromatic N) is 2. The topological polar surface area (TPSA) is 123 Å². The number of phenols is 1. The molecule has 0 fully saturated rings. The number of H-pyrrole nitrogens is 1. The molecule has 4 rings (SSSR count). The summed E-state index contributed by atoms with van der Waals surface area (Å²) in [6, 6.07) is 12.3. The second-order valence-electron chi connectivity index (χ2n) is 7.74.